The first-order valence-corrected chi connectivity index (χ1v) is 12.5. The molecule has 0 saturated heterocycles. The number of allylic oxidation sites excluding steroid dienone is 5. The summed E-state index contributed by atoms with van der Waals surface area (Å²) >= 11 is 1.47. The van der Waals surface area contributed by atoms with Gasteiger partial charge in [-0.15, -0.1) is 0 Å². The molecule has 188 valence electrons. The van der Waals surface area contributed by atoms with Gasteiger partial charge in [0.25, 0.3) is 0 Å². The fourth-order valence-electron chi connectivity index (χ4n) is 2.92. The molecule has 0 heterocycles. The lowest BCUT2D eigenvalue weighted by molar-refractivity contribution is -0.141. The lowest BCUT2D eigenvalue weighted by Crippen LogP contribution is -2.51. The monoisotopic (exact) mass is 482 g/mol. The Morgan fingerprint density at radius 1 is 0.970 bits per heavy atom. The van der Waals surface area contributed by atoms with Crippen molar-refractivity contribution in [2.45, 2.75) is 71.9 Å². The van der Waals surface area contributed by atoms with Gasteiger partial charge in [-0.1, -0.05) is 34.9 Å². The molecule has 33 heavy (non-hydrogen) atoms. The Morgan fingerprint density at radius 2 is 1.58 bits per heavy atom. The summed E-state index contributed by atoms with van der Waals surface area (Å²) in [6.45, 7) is 8.70. The molecule has 0 aliphatic carbocycles. The molecule has 0 radical (unpaired) electrons. The van der Waals surface area contributed by atoms with Crippen LogP contribution in [0.4, 0.5) is 4.79 Å². The fourth-order valence-corrected chi connectivity index (χ4v) is 3.92. The molecule has 2 unspecified atom stereocenters. The number of carbonyl (C=O) groups is 3. The van der Waals surface area contributed by atoms with E-state index in [4.69, 9.17) is 5.73 Å². The number of primary amides is 1. The van der Waals surface area contributed by atoms with Crippen LogP contribution in [-0.2, 0) is 9.59 Å². The third-order valence-electron chi connectivity index (χ3n) is 4.97. The van der Waals surface area contributed by atoms with Gasteiger partial charge in [-0.25, -0.2) is 9.59 Å². The number of nitrogens with one attached hydrogen (secondary N) is 3. The summed E-state index contributed by atoms with van der Waals surface area (Å²) in [5.74, 6) is -0.539. The first-order chi connectivity index (χ1) is 15.6. The number of nitrogens with two attached hydrogens (primary N) is 1. The Kier molecular flexibility index (Phi) is 17.0. The highest BCUT2D eigenvalue weighted by Gasteiger charge is 2.24. The van der Waals surface area contributed by atoms with Crippen molar-refractivity contribution in [3.63, 3.8) is 0 Å². The number of hydrogen-bond donors (Lipinski definition) is 5. The molecule has 0 saturated carbocycles. The van der Waals surface area contributed by atoms with Crippen LogP contribution in [0.2, 0.25) is 0 Å². The van der Waals surface area contributed by atoms with Crippen molar-refractivity contribution < 1.29 is 19.5 Å². The van der Waals surface area contributed by atoms with Crippen LogP contribution in [0.15, 0.2) is 34.9 Å². The average Bonchev–Trinajstić information content (AvgIpc) is 2.72. The van der Waals surface area contributed by atoms with Crippen molar-refractivity contribution in [2.24, 2.45) is 5.73 Å². The SMILES string of the molecule is CNC(CCNC(N)=O)C(=O)NC(CSC/C=C(\C)CC/C=C(\C)CCC=C(C)C)C(=O)O. The second-order valence-corrected chi connectivity index (χ2v) is 9.39. The van der Waals surface area contributed by atoms with E-state index < -0.39 is 30.0 Å². The van der Waals surface area contributed by atoms with E-state index in [-0.39, 0.29) is 12.3 Å². The minimum Gasteiger partial charge on any atom is -0.480 e. The van der Waals surface area contributed by atoms with Crippen molar-refractivity contribution in [2.75, 3.05) is 25.1 Å². The molecule has 9 heteroatoms. The van der Waals surface area contributed by atoms with E-state index in [1.807, 2.05) is 0 Å². The Labute approximate surface area is 202 Å². The van der Waals surface area contributed by atoms with Gasteiger partial charge >= 0.3 is 12.0 Å². The number of carboxylic acid groups (broad SMARTS) is 1. The molecule has 0 aromatic carbocycles. The Balaban J connectivity index is 4.41. The van der Waals surface area contributed by atoms with Gasteiger partial charge in [0.15, 0.2) is 0 Å². The topological polar surface area (TPSA) is 134 Å². The maximum Gasteiger partial charge on any atom is 0.327 e. The van der Waals surface area contributed by atoms with Crippen molar-refractivity contribution >= 4 is 29.7 Å². The number of hydrogen-bond acceptors (Lipinski definition) is 5. The molecule has 0 spiro atoms. The summed E-state index contributed by atoms with van der Waals surface area (Å²) in [4.78, 5) is 34.7. The van der Waals surface area contributed by atoms with Crippen molar-refractivity contribution in [3.8, 4) is 0 Å². The summed E-state index contributed by atoms with van der Waals surface area (Å²) in [5.41, 5.74) is 9.03. The van der Waals surface area contributed by atoms with E-state index in [1.165, 1.54) is 28.5 Å². The highest BCUT2D eigenvalue weighted by molar-refractivity contribution is 7.99. The Hall–Kier alpha value is -2.26. The number of rotatable bonds is 17. The number of urea groups is 1. The lowest BCUT2D eigenvalue weighted by atomic mass is 10.1. The molecule has 0 fully saturated rings. The van der Waals surface area contributed by atoms with Gasteiger partial charge in [-0.05, 0) is 66.8 Å². The maximum absolute atomic E-state index is 12.4. The van der Waals surface area contributed by atoms with Crippen LogP contribution in [0, 0.1) is 0 Å². The molecule has 2 atom stereocenters. The number of thioether (sulfide) groups is 1. The third kappa shape index (κ3) is 17.0. The minimum absolute atomic E-state index is 0.217. The normalized spacial score (nSPS) is 13.7. The van der Waals surface area contributed by atoms with Crippen LogP contribution in [0.1, 0.15) is 59.8 Å². The minimum atomic E-state index is -1.07. The van der Waals surface area contributed by atoms with Gasteiger partial charge in [0.2, 0.25) is 5.91 Å². The Bertz CT molecular complexity index is 715. The molecule has 0 aromatic heterocycles. The zero-order chi connectivity index (χ0) is 25.2. The van der Waals surface area contributed by atoms with Crippen LogP contribution in [0.5, 0.6) is 0 Å². The molecule has 6 N–H and O–H groups in total. The van der Waals surface area contributed by atoms with E-state index in [2.05, 4.69) is 61.9 Å². The largest absolute Gasteiger partial charge is 0.480 e. The van der Waals surface area contributed by atoms with E-state index >= 15 is 0 Å². The van der Waals surface area contributed by atoms with Gasteiger partial charge < -0.3 is 26.8 Å². The standard InChI is InChI=1S/C24H42N4O4S/c1-17(2)8-6-9-18(3)10-7-11-19(4)13-15-33-16-21(23(30)31)28-22(29)20(26-5)12-14-27-24(25)32/h8,10,13,20-21,26H,6-7,9,11-12,14-16H2,1-5H3,(H,28,29)(H,30,31)(H3,25,27,32)/b18-10+,19-13+. The Morgan fingerprint density at radius 3 is 2.12 bits per heavy atom. The summed E-state index contributed by atoms with van der Waals surface area (Å²) in [6.07, 6.45) is 11.1. The quantitative estimate of drug-likeness (QED) is 0.159. The van der Waals surface area contributed by atoms with Gasteiger partial charge in [-0.3, -0.25) is 4.79 Å². The highest BCUT2D eigenvalue weighted by atomic mass is 32.2. The van der Waals surface area contributed by atoms with E-state index in [0.29, 0.717) is 12.2 Å². The van der Waals surface area contributed by atoms with Gasteiger partial charge in [0.1, 0.15) is 6.04 Å². The van der Waals surface area contributed by atoms with Gasteiger partial charge in [0.05, 0.1) is 6.04 Å². The predicted octanol–water partition coefficient (Wildman–Crippen LogP) is 3.35. The van der Waals surface area contributed by atoms with Crippen LogP contribution >= 0.6 is 11.8 Å². The number of likely N-dealkylation sites (N-methyl/N-ethyl adjacent to an activating group) is 1. The number of amides is 3. The molecule has 0 aromatic rings. The molecule has 0 bridgehead atoms. The van der Waals surface area contributed by atoms with E-state index in [0.717, 1.165) is 25.7 Å². The summed E-state index contributed by atoms with van der Waals surface area (Å²) in [5, 5.41) is 17.3. The zero-order valence-corrected chi connectivity index (χ0v) is 21.5. The average molecular weight is 483 g/mol. The van der Waals surface area contributed by atoms with Crippen molar-refractivity contribution in [1.82, 2.24) is 16.0 Å². The van der Waals surface area contributed by atoms with E-state index in [1.54, 1.807) is 7.05 Å². The molecular weight excluding hydrogens is 440 g/mol. The highest BCUT2D eigenvalue weighted by Crippen LogP contribution is 2.13. The van der Waals surface area contributed by atoms with Gasteiger partial charge in [-0.2, -0.15) is 11.8 Å². The molecule has 8 nitrogen and oxygen atoms in total. The second kappa shape index (κ2) is 18.2. The molecule has 3 amide bonds. The maximum atomic E-state index is 12.4. The third-order valence-corrected chi connectivity index (χ3v) is 5.94. The van der Waals surface area contributed by atoms with Crippen LogP contribution in [0.25, 0.3) is 0 Å². The first kappa shape index (κ1) is 30.7. The summed E-state index contributed by atoms with van der Waals surface area (Å²) < 4.78 is 0. The van der Waals surface area contributed by atoms with E-state index in [9.17, 15) is 19.5 Å². The fraction of sp³-hybridized carbons (Fsp3) is 0.625. The van der Waals surface area contributed by atoms with Crippen molar-refractivity contribution in [3.05, 3.63) is 34.9 Å². The number of carbonyl (C=O) groups excluding carboxylic acids is 2. The van der Waals surface area contributed by atoms with Crippen LogP contribution in [-0.4, -0.2) is 60.2 Å². The zero-order valence-electron chi connectivity index (χ0n) is 20.7. The first-order valence-electron chi connectivity index (χ1n) is 11.3. The molecule has 0 aliphatic heterocycles. The number of aliphatic carboxylic acids is 1. The van der Waals surface area contributed by atoms with Crippen LogP contribution in [0.3, 0.4) is 0 Å². The molecular formula is C24H42N4O4S. The summed E-state index contributed by atoms with van der Waals surface area (Å²) in [6, 6.07) is -2.27. The molecule has 0 rings (SSSR count). The van der Waals surface area contributed by atoms with Crippen LogP contribution < -0.4 is 21.7 Å². The van der Waals surface area contributed by atoms with Crippen molar-refractivity contribution in [1.29, 1.82) is 0 Å². The number of carboxylic acids is 1. The predicted molar refractivity (Wildman–Crippen MR) is 137 cm³/mol. The summed E-state index contributed by atoms with van der Waals surface area (Å²) in [7, 11) is 1.60. The molecule has 0 aliphatic rings. The second-order valence-electron chi connectivity index (χ2n) is 8.32. The van der Waals surface area contributed by atoms with Gasteiger partial charge in [0, 0.05) is 18.1 Å². The lowest BCUT2D eigenvalue weighted by Gasteiger charge is -2.20. The smallest absolute Gasteiger partial charge is 0.327 e.